The monoisotopic (exact) mass is 264 g/mol. The number of hydrogen-bond acceptors (Lipinski definition) is 5. The van der Waals surface area contributed by atoms with Crippen LogP contribution in [0.2, 0.25) is 0 Å². The lowest BCUT2D eigenvalue weighted by molar-refractivity contribution is -0.0381. The Hall–Kier alpha value is -1.17. The van der Waals surface area contributed by atoms with Gasteiger partial charge >= 0.3 is 0 Å². The molecule has 3 N–H and O–H groups in total. The molecule has 5 heteroatoms. The van der Waals surface area contributed by atoms with Crippen LogP contribution in [0.5, 0.6) is 0 Å². The highest BCUT2D eigenvalue weighted by atomic mass is 16.5. The lowest BCUT2D eigenvalue weighted by Crippen LogP contribution is -2.52. The molecule has 1 aliphatic heterocycles. The molecule has 2 unspecified atom stereocenters. The highest BCUT2D eigenvalue weighted by Crippen LogP contribution is 2.16. The third-order valence-corrected chi connectivity index (χ3v) is 3.59. The van der Waals surface area contributed by atoms with Gasteiger partial charge in [-0.1, -0.05) is 6.92 Å². The normalized spacial score (nSPS) is 22.3. The Labute approximate surface area is 115 Å². The van der Waals surface area contributed by atoms with Crippen molar-refractivity contribution < 1.29 is 4.74 Å². The Balaban J connectivity index is 2.05. The Kier molecular flexibility index (Phi) is 5.13. The lowest BCUT2D eigenvalue weighted by atomic mass is 10.00. The molecule has 1 saturated heterocycles. The largest absolute Gasteiger partial charge is 0.398 e. The topological polar surface area (TPSA) is 63.4 Å². The smallest absolute Gasteiger partial charge is 0.0858 e. The maximum Gasteiger partial charge on any atom is 0.0858 e. The summed E-state index contributed by atoms with van der Waals surface area (Å²) in [6.07, 6.45) is 4.64. The molecule has 2 heterocycles. The average Bonchev–Trinajstić information content (AvgIpc) is 2.40. The van der Waals surface area contributed by atoms with Crippen LogP contribution in [0, 0.1) is 0 Å². The standard InChI is InChI=1S/C14H24N4O/c1-3-17-13(14-10-18(2)6-7-19-14)8-11-9-16-5-4-12(11)15/h4-5,9,13-14,17H,3,6-8,10H2,1-2H3,(H2,15,16). The summed E-state index contributed by atoms with van der Waals surface area (Å²) in [4.78, 5) is 6.47. The summed E-state index contributed by atoms with van der Waals surface area (Å²) in [5.41, 5.74) is 7.90. The van der Waals surface area contributed by atoms with E-state index in [1.807, 2.05) is 12.3 Å². The second-order valence-electron chi connectivity index (χ2n) is 5.11. The van der Waals surface area contributed by atoms with Gasteiger partial charge in [0.05, 0.1) is 12.7 Å². The molecule has 2 atom stereocenters. The number of nitrogens with zero attached hydrogens (tertiary/aromatic N) is 2. The second-order valence-corrected chi connectivity index (χ2v) is 5.11. The minimum Gasteiger partial charge on any atom is -0.398 e. The zero-order valence-corrected chi connectivity index (χ0v) is 11.8. The molecule has 1 fully saturated rings. The minimum absolute atomic E-state index is 0.207. The average molecular weight is 264 g/mol. The second kappa shape index (κ2) is 6.84. The summed E-state index contributed by atoms with van der Waals surface area (Å²) in [7, 11) is 2.14. The summed E-state index contributed by atoms with van der Waals surface area (Å²) >= 11 is 0. The summed E-state index contributed by atoms with van der Waals surface area (Å²) in [5, 5.41) is 3.51. The molecule has 0 radical (unpaired) electrons. The van der Waals surface area contributed by atoms with Crippen molar-refractivity contribution in [3.63, 3.8) is 0 Å². The highest BCUT2D eigenvalue weighted by Gasteiger charge is 2.26. The van der Waals surface area contributed by atoms with Crippen molar-refractivity contribution in [3.8, 4) is 0 Å². The number of nitrogens with two attached hydrogens (primary N) is 1. The van der Waals surface area contributed by atoms with Crippen LogP contribution in [0.3, 0.4) is 0 Å². The Morgan fingerprint density at radius 1 is 1.63 bits per heavy atom. The van der Waals surface area contributed by atoms with E-state index >= 15 is 0 Å². The fourth-order valence-electron chi connectivity index (χ4n) is 2.50. The van der Waals surface area contributed by atoms with Gasteiger partial charge in [-0.3, -0.25) is 4.98 Å². The molecule has 5 nitrogen and oxygen atoms in total. The van der Waals surface area contributed by atoms with Gasteiger partial charge in [-0.05, 0) is 31.6 Å². The van der Waals surface area contributed by atoms with E-state index in [9.17, 15) is 0 Å². The van der Waals surface area contributed by atoms with Gasteiger partial charge in [-0.15, -0.1) is 0 Å². The van der Waals surface area contributed by atoms with Crippen LogP contribution in [-0.2, 0) is 11.2 Å². The molecule has 1 aromatic rings. The van der Waals surface area contributed by atoms with Crippen LogP contribution < -0.4 is 11.1 Å². The van der Waals surface area contributed by atoms with E-state index in [4.69, 9.17) is 10.5 Å². The van der Waals surface area contributed by atoms with Crippen LogP contribution in [0.1, 0.15) is 12.5 Å². The predicted molar refractivity (Wildman–Crippen MR) is 77.1 cm³/mol. The van der Waals surface area contributed by atoms with Crippen LogP contribution in [0.4, 0.5) is 5.69 Å². The van der Waals surface area contributed by atoms with Crippen LogP contribution >= 0.6 is 0 Å². The summed E-state index contributed by atoms with van der Waals surface area (Å²) in [6.45, 7) is 5.80. The first-order valence-electron chi connectivity index (χ1n) is 6.92. The summed E-state index contributed by atoms with van der Waals surface area (Å²) in [5.74, 6) is 0. The molecule has 0 aliphatic carbocycles. The number of hydrogen-bond donors (Lipinski definition) is 2. The van der Waals surface area contributed by atoms with Gasteiger partial charge in [0, 0.05) is 37.2 Å². The first kappa shape index (κ1) is 14.2. The van der Waals surface area contributed by atoms with Crippen molar-refractivity contribution >= 4 is 5.69 Å². The van der Waals surface area contributed by atoms with Crippen molar-refractivity contribution in [2.75, 3.05) is 39.0 Å². The number of morpholine rings is 1. The number of likely N-dealkylation sites (N-methyl/N-ethyl adjacent to an activating group) is 2. The maximum absolute atomic E-state index is 6.00. The van der Waals surface area contributed by atoms with Gasteiger partial charge in [0.1, 0.15) is 0 Å². The molecule has 2 rings (SSSR count). The molecule has 0 spiro atoms. The summed E-state index contributed by atoms with van der Waals surface area (Å²) < 4.78 is 5.91. The van der Waals surface area contributed by atoms with Crippen LogP contribution in [0.25, 0.3) is 0 Å². The van der Waals surface area contributed by atoms with Crippen molar-refractivity contribution in [1.29, 1.82) is 0 Å². The van der Waals surface area contributed by atoms with E-state index in [0.717, 1.165) is 43.9 Å². The van der Waals surface area contributed by atoms with Crippen molar-refractivity contribution in [2.45, 2.75) is 25.5 Å². The quantitative estimate of drug-likeness (QED) is 0.811. The van der Waals surface area contributed by atoms with E-state index in [-0.39, 0.29) is 12.1 Å². The van der Waals surface area contributed by atoms with Gasteiger partial charge in [0.2, 0.25) is 0 Å². The highest BCUT2D eigenvalue weighted by molar-refractivity contribution is 5.44. The molecule has 19 heavy (non-hydrogen) atoms. The molecule has 0 amide bonds. The van der Waals surface area contributed by atoms with Gasteiger partial charge in [0.25, 0.3) is 0 Å². The van der Waals surface area contributed by atoms with Gasteiger partial charge in [-0.2, -0.15) is 0 Å². The molecule has 0 saturated carbocycles. The third kappa shape index (κ3) is 3.89. The van der Waals surface area contributed by atoms with Crippen molar-refractivity contribution in [3.05, 3.63) is 24.0 Å². The number of rotatable bonds is 5. The molecule has 106 valence electrons. The SMILES string of the molecule is CCNC(Cc1cnccc1N)C1CN(C)CCO1. The number of ether oxygens (including phenoxy) is 1. The van der Waals surface area contributed by atoms with Crippen LogP contribution in [-0.4, -0.2) is 55.3 Å². The Morgan fingerprint density at radius 3 is 3.16 bits per heavy atom. The van der Waals surface area contributed by atoms with Gasteiger partial charge in [-0.25, -0.2) is 0 Å². The maximum atomic E-state index is 6.00. The summed E-state index contributed by atoms with van der Waals surface area (Å²) in [6, 6.07) is 2.13. The van der Waals surface area contributed by atoms with E-state index in [1.54, 1.807) is 6.20 Å². The minimum atomic E-state index is 0.207. The zero-order chi connectivity index (χ0) is 13.7. The molecule has 0 bridgehead atoms. The molecule has 1 aromatic heterocycles. The van der Waals surface area contributed by atoms with E-state index in [2.05, 4.69) is 29.2 Å². The molecular weight excluding hydrogens is 240 g/mol. The van der Waals surface area contributed by atoms with Gasteiger partial charge in [0.15, 0.2) is 0 Å². The van der Waals surface area contributed by atoms with Crippen molar-refractivity contribution in [1.82, 2.24) is 15.2 Å². The predicted octanol–water partition coefficient (Wildman–Crippen LogP) is 0.515. The lowest BCUT2D eigenvalue weighted by Gasteiger charge is -2.35. The Morgan fingerprint density at radius 2 is 2.47 bits per heavy atom. The number of nitrogen functional groups attached to an aromatic ring is 1. The fourth-order valence-corrected chi connectivity index (χ4v) is 2.50. The van der Waals surface area contributed by atoms with Crippen LogP contribution in [0.15, 0.2) is 18.5 Å². The van der Waals surface area contributed by atoms with E-state index in [1.165, 1.54) is 0 Å². The number of pyridine rings is 1. The molecular formula is C14H24N4O. The van der Waals surface area contributed by atoms with E-state index < -0.39 is 0 Å². The fraction of sp³-hybridized carbons (Fsp3) is 0.643. The zero-order valence-electron chi connectivity index (χ0n) is 11.8. The molecule has 0 aromatic carbocycles. The first-order chi connectivity index (χ1) is 9.20. The first-order valence-corrected chi connectivity index (χ1v) is 6.92. The van der Waals surface area contributed by atoms with E-state index in [0.29, 0.717) is 0 Å². The van der Waals surface area contributed by atoms with Gasteiger partial charge < -0.3 is 20.7 Å². The number of nitrogens with one attached hydrogen (secondary N) is 1. The number of aromatic nitrogens is 1. The van der Waals surface area contributed by atoms with Crippen molar-refractivity contribution in [2.24, 2.45) is 0 Å². The third-order valence-electron chi connectivity index (χ3n) is 3.59. The molecule has 1 aliphatic rings. The Bertz CT molecular complexity index is 399. The number of anilines is 1.